The third-order valence-electron chi connectivity index (χ3n) is 3.71. The maximum Gasteiger partial charge on any atom is 0.416 e. The van der Waals surface area contributed by atoms with Crippen LogP contribution >= 0.6 is 11.6 Å². The van der Waals surface area contributed by atoms with Gasteiger partial charge >= 0.3 is 6.18 Å². The number of benzene rings is 2. The number of amides is 2. The van der Waals surface area contributed by atoms with Crippen LogP contribution in [0, 0.1) is 6.92 Å². The maximum atomic E-state index is 12.9. The zero-order chi connectivity index (χ0) is 19.5. The van der Waals surface area contributed by atoms with Crippen LogP contribution in [0.1, 0.15) is 18.1 Å². The van der Waals surface area contributed by atoms with Crippen molar-refractivity contribution < 1.29 is 22.8 Å². The van der Waals surface area contributed by atoms with Crippen molar-refractivity contribution in [2.75, 3.05) is 16.8 Å². The average molecular weight is 385 g/mol. The highest BCUT2D eigenvalue weighted by Crippen LogP contribution is 2.31. The Balaban J connectivity index is 2.22. The second kappa shape index (κ2) is 7.78. The summed E-state index contributed by atoms with van der Waals surface area (Å²) >= 11 is 5.99. The summed E-state index contributed by atoms with van der Waals surface area (Å²) < 4.78 is 38.6. The molecule has 2 amide bonds. The summed E-state index contributed by atoms with van der Waals surface area (Å²) in [5.74, 6) is -1.11. The van der Waals surface area contributed by atoms with Crippen LogP contribution in [-0.4, -0.2) is 18.4 Å². The van der Waals surface area contributed by atoms with E-state index in [9.17, 15) is 22.8 Å². The minimum Gasteiger partial charge on any atom is -0.324 e. The van der Waals surface area contributed by atoms with Gasteiger partial charge in [0, 0.05) is 23.3 Å². The second-order valence-electron chi connectivity index (χ2n) is 5.61. The largest absolute Gasteiger partial charge is 0.416 e. The van der Waals surface area contributed by atoms with Gasteiger partial charge in [0.25, 0.3) is 0 Å². The Kier molecular flexibility index (Phi) is 5.92. The molecule has 2 aromatic rings. The number of nitrogens with one attached hydrogen (secondary N) is 1. The number of halogens is 4. The third kappa shape index (κ3) is 4.76. The van der Waals surface area contributed by atoms with Gasteiger partial charge in [-0.3, -0.25) is 9.59 Å². The highest BCUT2D eigenvalue weighted by molar-refractivity contribution is 6.31. The Morgan fingerprint density at radius 2 is 1.81 bits per heavy atom. The van der Waals surface area contributed by atoms with Crippen molar-refractivity contribution >= 4 is 34.8 Å². The van der Waals surface area contributed by atoms with E-state index in [0.717, 1.165) is 17.0 Å². The van der Waals surface area contributed by atoms with E-state index in [1.165, 1.54) is 19.1 Å². The first-order valence-corrected chi connectivity index (χ1v) is 7.97. The van der Waals surface area contributed by atoms with Gasteiger partial charge < -0.3 is 10.2 Å². The van der Waals surface area contributed by atoms with Gasteiger partial charge in [0.15, 0.2) is 0 Å². The number of carbonyl (C=O) groups excluding carboxylic acids is 2. The van der Waals surface area contributed by atoms with Crippen molar-refractivity contribution in [1.82, 2.24) is 0 Å². The summed E-state index contributed by atoms with van der Waals surface area (Å²) in [4.78, 5) is 25.1. The van der Waals surface area contributed by atoms with E-state index >= 15 is 0 Å². The zero-order valence-corrected chi connectivity index (χ0v) is 14.8. The molecule has 0 unspecified atom stereocenters. The molecular weight excluding hydrogens is 369 g/mol. The van der Waals surface area contributed by atoms with E-state index in [1.807, 2.05) is 0 Å². The number of hydrogen-bond donors (Lipinski definition) is 1. The SMILES string of the molecule is CC(=O)N(CC(=O)Nc1cccc(Cl)c1C)c1cccc(C(F)(F)F)c1. The summed E-state index contributed by atoms with van der Waals surface area (Å²) in [5.41, 5.74) is 0.212. The summed E-state index contributed by atoms with van der Waals surface area (Å²) in [7, 11) is 0. The second-order valence-corrected chi connectivity index (χ2v) is 6.02. The van der Waals surface area contributed by atoms with E-state index in [1.54, 1.807) is 25.1 Å². The first kappa shape index (κ1) is 19.8. The lowest BCUT2D eigenvalue weighted by atomic mass is 10.1. The standard InChI is InChI=1S/C18H16ClF3N2O2/c1-11-15(19)7-4-8-16(11)23-17(26)10-24(12(2)25)14-6-3-5-13(9-14)18(20,21)22/h3-9H,10H2,1-2H3,(H,23,26). The van der Waals surface area contributed by atoms with E-state index < -0.39 is 30.1 Å². The van der Waals surface area contributed by atoms with Crippen molar-refractivity contribution in [3.05, 3.63) is 58.6 Å². The molecule has 2 aromatic carbocycles. The molecule has 0 fully saturated rings. The Morgan fingerprint density at radius 3 is 2.42 bits per heavy atom. The molecule has 0 aliphatic carbocycles. The van der Waals surface area contributed by atoms with Crippen LogP contribution in [-0.2, 0) is 15.8 Å². The van der Waals surface area contributed by atoms with Gasteiger partial charge in [-0.1, -0.05) is 23.7 Å². The Labute approximate surface area is 153 Å². The molecule has 0 atom stereocenters. The molecule has 0 aliphatic rings. The minimum atomic E-state index is -4.54. The molecule has 4 nitrogen and oxygen atoms in total. The van der Waals surface area contributed by atoms with Gasteiger partial charge in [-0.05, 0) is 42.8 Å². The fourth-order valence-corrected chi connectivity index (χ4v) is 2.49. The smallest absolute Gasteiger partial charge is 0.324 e. The first-order chi connectivity index (χ1) is 12.1. The molecule has 8 heteroatoms. The molecule has 0 radical (unpaired) electrons. The van der Waals surface area contributed by atoms with Crippen LogP contribution in [0.5, 0.6) is 0 Å². The summed E-state index contributed by atoms with van der Waals surface area (Å²) in [6.07, 6.45) is -4.54. The summed E-state index contributed by atoms with van der Waals surface area (Å²) in [6.45, 7) is 2.47. The molecule has 0 aliphatic heterocycles. The lowest BCUT2D eigenvalue weighted by Gasteiger charge is -2.22. The van der Waals surface area contributed by atoms with Gasteiger partial charge in [0.1, 0.15) is 6.54 Å². The summed E-state index contributed by atoms with van der Waals surface area (Å²) in [5, 5.41) is 3.07. The van der Waals surface area contributed by atoms with Gasteiger partial charge in [-0.25, -0.2) is 0 Å². The molecule has 0 spiro atoms. The topological polar surface area (TPSA) is 49.4 Å². The molecule has 26 heavy (non-hydrogen) atoms. The highest BCUT2D eigenvalue weighted by Gasteiger charge is 2.31. The predicted molar refractivity (Wildman–Crippen MR) is 94.3 cm³/mol. The van der Waals surface area contributed by atoms with Crippen molar-refractivity contribution in [3.8, 4) is 0 Å². The lowest BCUT2D eigenvalue weighted by Crippen LogP contribution is -2.37. The Hall–Kier alpha value is -2.54. The Bertz CT molecular complexity index is 837. The highest BCUT2D eigenvalue weighted by atomic mass is 35.5. The molecule has 0 aromatic heterocycles. The molecule has 138 valence electrons. The molecular formula is C18H16ClF3N2O2. The molecule has 0 saturated carbocycles. The maximum absolute atomic E-state index is 12.9. The molecule has 0 bridgehead atoms. The van der Waals surface area contributed by atoms with Gasteiger partial charge in [-0.15, -0.1) is 0 Å². The van der Waals surface area contributed by atoms with Crippen LogP contribution in [0.4, 0.5) is 24.5 Å². The quantitative estimate of drug-likeness (QED) is 0.833. The third-order valence-corrected chi connectivity index (χ3v) is 4.12. The Morgan fingerprint density at radius 1 is 1.15 bits per heavy atom. The van der Waals surface area contributed by atoms with Gasteiger partial charge in [0.2, 0.25) is 11.8 Å². The number of rotatable bonds is 4. The minimum absolute atomic E-state index is 0.00899. The van der Waals surface area contributed by atoms with Crippen molar-refractivity contribution in [1.29, 1.82) is 0 Å². The number of anilines is 2. The molecule has 1 N–H and O–H groups in total. The zero-order valence-electron chi connectivity index (χ0n) is 14.0. The summed E-state index contributed by atoms with van der Waals surface area (Å²) in [6, 6.07) is 9.22. The van der Waals surface area contributed by atoms with Crippen molar-refractivity contribution in [2.45, 2.75) is 20.0 Å². The van der Waals surface area contributed by atoms with Crippen LogP contribution in [0.15, 0.2) is 42.5 Å². The fourth-order valence-electron chi connectivity index (χ4n) is 2.31. The number of alkyl halides is 3. The average Bonchev–Trinajstić information content (AvgIpc) is 2.56. The van der Waals surface area contributed by atoms with E-state index in [-0.39, 0.29) is 5.69 Å². The van der Waals surface area contributed by atoms with Crippen molar-refractivity contribution in [2.24, 2.45) is 0 Å². The van der Waals surface area contributed by atoms with E-state index in [0.29, 0.717) is 16.3 Å². The van der Waals surface area contributed by atoms with Crippen LogP contribution in [0.2, 0.25) is 5.02 Å². The van der Waals surface area contributed by atoms with Gasteiger partial charge in [0.05, 0.1) is 5.56 Å². The molecule has 0 saturated heterocycles. The molecule has 0 heterocycles. The number of hydrogen-bond acceptors (Lipinski definition) is 2. The van der Waals surface area contributed by atoms with Crippen molar-refractivity contribution in [3.63, 3.8) is 0 Å². The van der Waals surface area contributed by atoms with Gasteiger partial charge in [-0.2, -0.15) is 13.2 Å². The number of nitrogens with zero attached hydrogens (tertiary/aromatic N) is 1. The lowest BCUT2D eigenvalue weighted by molar-refractivity contribution is -0.137. The fraction of sp³-hybridized carbons (Fsp3) is 0.222. The number of carbonyl (C=O) groups is 2. The van der Waals surface area contributed by atoms with Crippen LogP contribution < -0.4 is 10.2 Å². The normalized spacial score (nSPS) is 11.2. The van der Waals surface area contributed by atoms with E-state index in [2.05, 4.69) is 5.32 Å². The van der Waals surface area contributed by atoms with Crippen LogP contribution in [0.3, 0.4) is 0 Å². The van der Waals surface area contributed by atoms with E-state index in [4.69, 9.17) is 11.6 Å². The monoisotopic (exact) mass is 384 g/mol. The van der Waals surface area contributed by atoms with Crippen LogP contribution in [0.25, 0.3) is 0 Å². The first-order valence-electron chi connectivity index (χ1n) is 7.60. The predicted octanol–water partition coefficient (Wildman–Crippen LogP) is 4.66. The molecule has 2 rings (SSSR count).